The second kappa shape index (κ2) is 9.20. The summed E-state index contributed by atoms with van der Waals surface area (Å²) in [6.45, 7) is 4.18. The topological polar surface area (TPSA) is 155 Å². The quantitative estimate of drug-likeness (QED) is 0.502. The number of phenols is 1. The molecule has 2 saturated carbocycles. The Kier molecular flexibility index (Phi) is 6.35. The molecule has 5 rings (SSSR count). The number of rotatable bonds is 4. The standard InChI is InChI=1S/C30H32N2O7/c1-13(2)14-5-7-15(8-6-14)17-9-10-20(33)22-18(17)11-16-12-19-24(32(3)4)26(35)23(29(31)38)28(37)30(19,39)27(36)21(16)25(22)34/h5-10,13,16,19,21,23-24,33,39H,11-12H2,1-4H3,(H2,31,38)/t16-,19-,21?,23?,24-,30-/m0/s1. The second-order valence-electron chi connectivity index (χ2n) is 11.6. The van der Waals surface area contributed by atoms with Gasteiger partial charge in [0.05, 0.1) is 17.5 Å². The molecule has 6 atom stereocenters. The van der Waals surface area contributed by atoms with Crippen molar-refractivity contribution in [1.82, 2.24) is 4.90 Å². The van der Waals surface area contributed by atoms with Crippen LogP contribution in [0.2, 0.25) is 0 Å². The summed E-state index contributed by atoms with van der Waals surface area (Å²) in [6, 6.07) is 9.94. The fourth-order valence-electron chi connectivity index (χ4n) is 6.92. The number of likely N-dealkylation sites (N-methyl/N-ethyl adjacent to an activating group) is 1. The first kappa shape index (κ1) is 26.9. The van der Waals surface area contributed by atoms with Crippen LogP contribution in [0.25, 0.3) is 11.1 Å². The Bertz CT molecular complexity index is 1430. The van der Waals surface area contributed by atoms with Gasteiger partial charge in [0.25, 0.3) is 0 Å². The molecule has 9 nitrogen and oxygen atoms in total. The molecule has 9 heteroatoms. The molecule has 39 heavy (non-hydrogen) atoms. The van der Waals surface area contributed by atoms with Crippen LogP contribution in [-0.2, 0) is 25.6 Å². The number of nitrogens with two attached hydrogens (primary N) is 1. The molecule has 204 valence electrons. The highest BCUT2D eigenvalue weighted by atomic mass is 16.3. The molecule has 0 radical (unpaired) electrons. The Hall–Kier alpha value is -3.69. The number of carbonyl (C=O) groups excluding carboxylic acids is 5. The number of carbonyl (C=O) groups is 5. The summed E-state index contributed by atoms with van der Waals surface area (Å²) >= 11 is 0. The Morgan fingerprint density at radius 3 is 2.23 bits per heavy atom. The molecule has 0 aliphatic heterocycles. The maximum Gasteiger partial charge on any atom is 0.235 e. The maximum absolute atomic E-state index is 13.9. The maximum atomic E-state index is 13.9. The van der Waals surface area contributed by atoms with Crippen molar-refractivity contribution in [2.24, 2.45) is 29.4 Å². The molecule has 2 aromatic carbocycles. The van der Waals surface area contributed by atoms with Crippen LogP contribution in [0.15, 0.2) is 36.4 Å². The lowest BCUT2D eigenvalue weighted by Crippen LogP contribution is -2.74. The van der Waals surface area contributed by atoms with Gasteiger partial charge in [0.2, 0.25) is 5.91 Å². The molecule has 0 spiro atoms. The van der Waals surface area contributed by atoms with E-state index in [9.17, 15) is 34.2 Å². The molecule has 0 saturated heterocycles. The number of nitrogens with zero attached hydrogens (tertiary/aromatic N) is 1. The van der Waals surface area contributed by atoms with E-state index in [0.29, 0.717) is 11.5 Å². The van der Waals surface area contributed by atoms with Gasteiger partial charge in [0.1, 0.15) is 5.75 Å². The molecule has 0 heterocycles. The SMILES string of the molecule is CC(C)c1ccc(-c2ccc(O)c3c2C[C@H]2C[C@H]4[C@H](N(C)C)C(=O)C(C(N)=O)C(=O)[C@@]4(O)C(=O)C2C3=O)cc1. The largest absolute Gasteiger partial charge is 0.507 e. The second-order valence-corrected chi connectivity index (χ2v) is 11.6. The molecular formula is C30H32N2O7. The highest BCUT2D eigenvalue weighted by molar-refractivity contribution is 6.32. The Morgan fingerprint density at radius 1 is 1.03 bits per heavy atom. The van der Waals surface area contributed by atoms with Crippen LogP contribution in [0.5, 0.6) is 5.75 Å². The third-order valence-electron chi connectivity index (χ3n) is 8.83. The van der Waals surface area contributed by atoms with Crippen LogP contribution in [0.4, 0.5) is 0 Å². The first-order valence-corrected chi connectivity index (χ1v) is 13.1. The first-order valence-electron chi connectivity index (χ1n) is 13.1. The van der Waals surface area contributed by atoms with E-state index in [0.717, 1.165) is 16.7 Å². The average molecular weight is 533 g/mol. The molecule has 3 aliphatic rings. The van der Waals surface area contributed by atoms with Crippen molar-refractivity contribution < 1.29 is 34.2 Å². The number of aliphatic hydroxyl groups is 1. The van der Waals surface area contributed by atoms with Crippen LogP contribution < -0.4 is 5.73 Å². The molecule has 0 aromatic heterocycles. The predicted octanol–water partition coefficient (Wildman–Crippen LogP) is 1.66. The minimum atomic E-state index is -2.73. The number of benzene rings is 2. The van der Waals surface area contributed by atoms with E-state index < -0.39 is 64.4 Å². The van der Waals surface area contributed by atoms with Crippen molar-refractivity contribution in [3.05, 3.63) is 53.1 Å². The van der Waals surface area contributed by atoms with Gasteiger partial charge in [-0.1, -0.05) is 44.2 Å². The third-order valence-corrected chi connectivity index (χ3v) is 8.83. The Labute approximate surface area is 226 Å². The summed E-state index contributed by atoms with van der Waals surface area (Å²) in [5, 5.41) is 22.4. The summed E-state index contributed by atoms with van der Waals surface area (Å²) in [5.41, 5.74) is 5.94. The summed E-state index contributed by atoms with van der Waals surface area (Å²) in [5.74, 6) is -10.1. The van der Waals surface area contributed by atoms with E-state index in [1.807, 2.05) is 24.3 Å². The van der Waals surface area contributed by atoms with Gasteiger partial charge in [0.15, 0.2) is 34.7 Å². The summed E-state index contributed by atoms with van der Waals surface area (Å²) in [7, 11) is 3.12. The van der Waals surface area contributed by atoms with Gasteiger partial charge in [-0.15, -0.1) is 0 Å². The zero-order valence-corrected chi connectivity index (χ0v) is 22.3. The lowest BCUT2D eigenvalue weighted by Gasteiger charge is -2.52. The van der Waals surface area contributed by atoms with Gasteiger partial charge in [-0.05, 0) is 67.1 Å². The lowest BCUT2D eigenvalue weighted by molar-refractivity contribution is -0.181. The average Bonchev–Trinajstić information content (AvgIpc) is 2.86. The normalized spacial score (nSPS) is 30.3. The number of aromatic hydroxyl groups is 1. The van der Waals surface area contributed by atoms with Crippen LogP contribution in [-0.4, -0.2) is 69.9 Å². The van der Waals surface area contributed by atoms with Gasteiger partial charge in [-0.25, -0.2) is 0 Å². The Balaban J connectivity index is 1.63. The number of primary amides is 1. The molecule has 0 bridgehead atoms. The molecule has 4 N–H and O–H groups in total. The number of fused-ring (bicyclic) bond motifs is 3. The van der Waals surface area contributed by atoms with E-state index in [2.05, 4.69) is 13.8 Å². The van der Waals surface area contributed by atoms with E-state index in [1.165, 1.54) is 11.0 Å². The van der Waals surface area contributed by atoms with E-state index in [4.69, 9.17) is 5.73 Å². The summed E-state index contributed by atoms with van der Waals surface area (Å²) < 4.78 is 0. The zero-order valence-electron chi connectivity index (χ0n) is 22.3. The predicted molar refractivity (Wildman–Crippen MR) is 141 cm³/mol. The van der Waals surface area contributed by atoms with Gasteiger partial charge in [-0.2, -0.15) is 0 Å². The number of phenolic OH excluding ortho intramolecular Hbond substituents is 1. The minimum Gasteiger partial charge on any atom is -0.507 e. The van der Waals surface area contributed by atoms with Gasteiger partial charge >= 0.3 is 0 Å². The van der Waals surface area contributed by atoms with Crippen LogP contribution in [0.1, 0.15) is 47.7 Å². The molecule has 1 amide bonds. The van der Waals surface area contributed by atoms with Gasteiger partial charge in [0, 0.05) is 5.92 Å². The van der Waals surface area contributed by atoms with Crippen LogP contribution in [0.3, 0.4) is 0 Å². The smallest absolute Gasteiger partial charge is 0.235 e. The minimum absolute atomic E-state index is 0.00738. The van der Waals surface area contributed by atoms with Crippen molar-refractivity contribution >= 4 is 29.0 Å². The van der Waals surface area contributed by atoms with Crippen molar-refractivity contribution in [3.8, 4) is 16.9 Å². The van der Waals surface area contributed by atoms with Crippen LogP contribution in [0, 0.1) is 23.7 Å². The molecule has 2 fully saturated rings. The fourth-order valence-corrected chi connectivity index (χ4v) is 6.92. The third kappa shape index (κ3) is 3.78. The molecule has 3 aliphatic carbocycles. The van der Waals surface area contributed by atoms with Gasteiger partial charge in [-0.3, -0.25) is 28.9 Å². The number of ketones is 4. The highest BCUT2D eigenvalue weighted by Crippen LogP contribution is 2.51. The van der Waals surface area contributed by atoms with E-state index in [-0.39, 0.29) is 24.2 Å². The van der Waals surface area contributed by atoms with E-state index >= 15 is 0 Å². The highest BCUT2D eigenvalue weighted by Gasteiger charge is 2.69. The number of Topliss-reactive ketones (excluding diaryl/α,β-unsaturated/α-hetero) is 4. The molecular weight excluding hydrogens is 500 g/mol. The zero-order chi connectivity index (χ0) is 28.5. The van der Waals surface area contributed by atoms with Crippen molar-refractivity contribution in [1.29, 1.82) is 0 Å². The molecule has 2 aromatic rings. The summed E-state index contributed by atoms with van der Waals surface area (Å²) in [4.78, 5) is 67.9. The lowest BCUT2D eigenvalue weighted by atomic mass is 9.52. The first-order chi connectivity index (χ1) is 18.3. The summed E-state index contributed by atoms with van der Waals surface area (Å²) in [6.07, 6.45) is 0.243. The fraction of sp³-hybridized carbons (Fsp3) is 0.433. The van der Waals surface area contributed by atoms with E-state index in [1.54, 1.807) is 20.2 Å². The monoisotopic (exact) mass is 532 g/mol. The number of hydrogen-bond acceptors (Lipinski definition) is 8. The number of hydrogen-bond donors (Lipinski definition) is 3. The van der Waals surface area contributed by atoms with Crippen molar-refractivity contribution in [2.75, 3.05) is 14.1 Å². The van der Waals surface area contributed by atoms with Crippen LogP contribution >= 0.6 is 0 Å². The molecule has 2 unspecified atom stereocenters. The van der Waals surface area contributed by atoms with Crippen molar-refractivity contribution in [3.63, 3.8) is 0 Å². The number of amides is 1. The van der Waals surface area contributed by atoms with Crippen molar-refractivity contribution in [2.45, 2.75) is 44.2 Å². The Morgan fingerprint density at radius 2 is 1.67 bits per heavy atom. The van der Waals surface area contributed by atoms with Gasteiger partial charge < -0.3 is 15.9 Å².